The normalized spacial score (nSPS) is 15.5. The highest BCUT2D eigenvalue weighted by Crippen LogP contribution is 2.32. The second-order valence-electron chi connectivity index (χ2n) is 7.03. The van der Waals surface area contributed by atoms with Gasteiger partial charge >= 0.3 is 0 Å². The van der Waals surface area contributed by atoms with Gasteiger partial charge in [-0.3, -0.25) is 0 Å². The van der Waals surface area contributed by atoms with Gasteiger partial charge in [0.05, 0.1) is 32.6 Å². The molecule has 2 aromatic heterocycles. The molecule has 0 unspecified atom stereocenters. The summed E-state index contributed by atoms with van der Waals surface area (Å²) in [5.41, 5.74) is 3.16. The Morgan fingerprint density at radius 1 is 1.13 bits per heavy atom. The third kappa shape index (κ3) is 3.75. The van der Waals surface area contributed by atoms with Crippen molar-refractivity contribution in [1.82, 2.24) is 25.1 Å². The summed E-state index contributed by atoms with van der Waals surface area (Å²) < 4.78 is 24.2. The average Bonchev–Trinajstić information content (AvgIpc) is 3.46. The van der Waals surface area contributed by atoms with Gasteiger partial charge in [-0.15, -0.1) is 5.10 Å². The molecule has 2 aromatic carbocycles. The summed E-state index contributed by atoms with van der Waals surface area (Å²) in [7, 11) is 1.65. The standard InChI is InChI=1S/C22H21N5O4/c1-3-29-17-9-5-7-15(11-17)21-23-22(31-25-21)20-18-13-30-19(12-27(18)26-24-20)14-6-4-8-16(10-14)28-2/h4-11,19H,3,12-13H2,1-2H3/t19-/m1/s1. The van der Waals surface area contributed by atoms with E-state index >= 15 is 0 Å². The summed E-state index contributed by atoms with van der Waals surface area (Å²) in [5.74, 6) is 2.31. The Hall–Kier alpha value is -3.72. The summed E-state index contributed by atoms with van der Waals surface area (Å²) in [4.78, 5) is 4.51. The molecule has 5 rings (SSSR count). The molecule has 31 heavy (non-hydrogen) atoms. The van der Waals surface area contributed by atoms with Gasteiger partial charge in [0, 0.05) is 5.56 Å². The van der Waals surface area contributed by atoms with E-state index in [0.717, 1.165) is 28.3 Å². The molecular formula is C22H21N5O4. The molecule has 0 fully saturated rings. The van der Waals surface area contributed by atoms with Crippen LogP contribution < -0.4 is 9.47 Å². The maximum atomic E-state index is 6.08. The zero-order valence-electron chi connectivity index (χ0n) is 17.2. The Bertz CT molecular complexity index is 1200. The monoisotopic (exact) mass is 419 g/mol. The number of rotatable bonds is 6. The Labute approximate surface area is 178 Å². The van der Waals surface area contributed by atoms with E-state index in [2.05, 4.69) is 20.5 Å². The molecule has 9 nitrogen and oxygen atoms in total. The van der Waals surface area contributed by atoms with Crippen LogP contribution in [-0.2, 0) is 17.9 Å². The minimum Gasteiger partial charge on any atom is -0.497 e. The zero-order chi connectivity index (χ0) is 21.2. The number of hydrogen-bond donors (Lipinski definition) is 0. The lowest BCUT2D eigenvalue weighted by Crippen LogP contribution is -2.22. The number of aromatic nitrogens is 5. The number of benzene rings is 2. The SMILES string of the molecule is CCOc1cccc(-c2noc(-c3nnn4c3CO[C@@H](c3cccc(OC)c3)C4)n2)c1. The van der Waals surface area contributed by atoms with Gasteiger partial charge < -0.3 is 18.7 Å². The Balaban J connectivity index is 1.38. The van der Waals surface area contributed by atoms with E-state index in [1.54, 1.807) is 7.11 Å². The van der Waals surface area contributed by atoms with Gasteiger partial charge in [0.15, 0.2) is 5.69 Å². The predicted octanol–water partition coefficient (Wildman–Crippen LogP) is 3.67. The fourth-order valence-corrected chi connectivity index (χ4v) is 3.55. The van der Waals surface area contributed by atoms with Gasteiger partial charge in [-0.05, 0) is 36.8 Å². The van der Waals surface area contributed by atoms with Crippen molar-refractivity contribution in [3.05, 3.63) is 59.8 Å². The predicted molar refractivity (Wildman–Crippen MR) is 110 cm³/mol. The molecule has 1 aliphatic rings. The van der Waals surface area contributed by atoms with E-state index in [0.29, 0.717) is 37.2 Å². The molecule has 0 radical (unpaired) electrons. The molecule has 0 saturated carbocycles. The Kier molecular flexibility index (Phi) is 5.09. The molecule has 0 N–H and O–H groups in total. The molecule has 3 heterocycles. The second kappa shape index (κ2) is 8.19. The number of ether oxygens (including phenoxy) is 3. The molecule has 0 saturated heterocycles. The molecule has 9 heteroatoms. The molecule has 1 atom stereocenters. The topological polar surface area (TPSA) is 97.3 Å². The van der Waals surface area contributed by atoms with E-state index < -0.39 is 0 Å². The molecule has 1 aliphatic heterocycles. The first kappa shape index (κ1) is 19.3. The number of methoxy groups -OCH3 is 1. The van der Waals surface area contributed by atoms with Crippen LogP contribution in [0.3, 0.4) is 0 Å². The lowest BCUT2D eigenvalue weighted by atomic mass is 10.1. The van der Waals surface area contributed by atoms with E-state index in [4.69, 9.17) is 18.7 Å². The minimum atomic E-state index is -0.142. The largest absolute Gasteiger partial charge is 0.497 e. The summed E-state index contributed by atoms with van der Waals surface area (Å²) in [6.45, 7) is 3.40. The fourth-order valence-electron chi connectivity index (χ4n) is 3.55. The highest BCUT2D eigenvalue weighted by Gasteiger charge is 2.28. The van der Waals surface area contributed by atoms with Crippen LogP contribution in [0.25, 0.3) is 23.0 Å². The lowest BCUT2D eigenvalue weighted by molar-refractivity contribution is -0.00127. The zero-order valence-corrected chi connectivity index (χ0v) is 17.2. The number of fused-ring (bicyclic) bond motifs is 1. The van der Waals surface area contributed by atoms with Gasteiger partial charge in [0.25, 0.3) is 5.89 Å². The quantitative estimate of drug-likeness (QED) is 0.467. The van der Waals surface area contributed by atoms with Gasteiger partial charge in [-0.25, -0.2) is 4.68 Å². The third-order valence-corrected chi connectivity index (χ3v) is 5.10. The highest BCUT2D eigenvalue weighted by molar-refractivity contribution is 5.60. The number of hydrogen-bond acceptors (Lipinski definition) is 8. The van der Waals surface area contributed by atoms with Crippen LogP contribution in [0.15, 0.2) is 53.1 Å². The smallest absolute Gasteiger partial charge is 0.280 e. The first-order chi connectivity index (χ1) is 15.2. The summed E-state index contributed by atoms with van der Waals surface area (Å²) in [6, 6.07) is 15.4. The minimum absolute atomic E-state index is 0.142. The van der Waals surface area contributed by atoms with Crippen molar-refractivity contribution < 1.29 is 18.7 Å². The molecule has 0 amide bonds. The maximum Gasteiger partial charge on any atom is 0.280 e. The summed E-state index contributed by atoms with van der Waals surface area (Å²) in [6.07, 6.45) is -0.142. The fraction of sp³-hybridized carbons (Fsp3) is 0.273. The van der Waals surface area contributed by atoms with E-state index in [9.17, 15) is 0 Å². The van der Waals surface area contributed by atoms with E-state index in [1.165, 1.54) is 0 Å². The van der Waals surface area contributed by atoms with E-state index in [1.807, 2.05) is 60.1 Å². The molecule has 0 aliphatic carbocycles. The van der Waals surface area contributed by atoms with Crippen molar-refractivity contribution in [2.75, 3.05) is 13.7 Å². The van der Waals surface area contributed by atoms with Crippen molar-refractivity contribution in [2.24, 2.45) is 0 Å². The van der Waals surface area contributed by atoms with Crippen LogP contribution in [0.2, 0.25) is 0 Å². The maximum absolute atomic E-state index is 6.08. The average molecular weight is 419 g/mol. The summed E-state index contributed by atoms with van der Waals surface area (Å²) in [5, 5.41) is 12.7. The van der Waals surface area contributed by atoms with Crippen LogP contribution in [-0.4, -0.2) is 38.9 Å². The van der Waals surface area contributed by atoms with Gasteiger partial charge in [-0.2, -0.15) is 4.98 Å². The van der Waals surface area contributed by atoms with Crippen molar-refractivity contribution >= 4 is 0 Å². The van der Waals surface area contributed by atoms with Crippen molar-refractivity contribution in [3.63, 3.8) is 0 Å². The van der Waals surface area contributed by atoms with Crippen molar-refractivity contribution in [1.29, 1.82) is 0 Å². The first-order valence-corrected chi connectivity index (χ1v) is 10.0. The molecule has 0 bridgehead atoms. The van der Waals surface area contributed by atoms with Crippen LogP contribution in [0.5, 0.6) is 11.5 Å². The van der Waals surface area contributed by atoms with E-state index in [-0.39, 0.29) is 6.10 Å². The van der Waals surface area contributed by atoms with Crippen molar-refractivity contribution in [3.8, 4) is 34.5 Å². The van der Waals surface area contributed by atoms with Gasteiger partial charge in [0.1, 0.15) is 17.6 Å². The van der Waals surface area contributed by atoms with Crippen LogP contribution in [0.4, 0.5) is 0 Å². The highest BCUT2D eigenvalue weighted by atomic mass is 16.5. The summed E-state index contributed by atoms with van der Waals surface area (Å²) >= 11 is 0. The lowest BCUT2D eigenvalue weighted by Gasteiger charge is -2.24. The molecule has 4 aromatic rings. The van der Waals surface area contributed by atoms with Crippen LogP contribution in [0.1, 0.15) is 24.3 Å². The van der Waals surface area contributed by atoms with Gasteiger partial charge in [0.2, 0.25) is 5.82 Å². The van der Waals surface area contributed by atoms with Crippen molar-refractivity contribution in [2.45, 2.75) is 26.2 Å². The number of nitrogens with zero attached hydrogens (tertiary/aromatic N) is 5. The third-order valence-electron chi connectivity index (χ3n) is 5.10. The van der Waals surface area contributed by atoms with Crippen LogP contribution in [0, 0.1) is 0 Å². The van der Waals surface area contributed by atoms with Gasteiger partial charge in [-0.1, -0.05) is 34.6 Å². The second-order valence-corrected chi connectivity index (χ2v) is 7.03. The molecular weight excluding hydrogens is 398 g/mol. The Morgan fingerprint density at radius 2 is 2.00 bits per heavy atom. The first-order valence-electron chi connectivity index (χ1n) is 10.0. The molecule has 158 valence electrons. The Morgan fingerprint density at radius 3 is 2.87 bits per heavy atom. The van der Waals surface area contributed by atoms with Crippen LogP contribution >= 0.6 is 0 Å². The molecule has 0 spiro atoms.